The van der Waals surface area contributed by atoms with E-state index in [0.717, 1.165) is 22.0 Å². The highest BCUT2D eigenvalue weighted by atomic mass is 16.2. The lowest BCUT2D eigenvalue weighted by atomic mass is 10.1. The van der Waals surface area contributed by atoms with Gasteiger partial charge in [0.05, 0.1) is 6.54 Å². The van der Waals surface area contributed by atoms with Gasteiger partial charge in [0, 0.05) is 28.9 Å². The standard InChI is InChI=1S/C26H23N3O2/c30-25(18-27-24-15-7-11-20-10-4-5-14-23(20)24)29-22-13-6-12-21(16-22)26(31)28-17-19-8-2-1-3-9-19/h1-16,27H,17-18H2,(H,28,31)(H,29,30). The van der Waals surface area contributed by atoms with Gasteiger partial charge < -0.3 is 16.0 Å². The van der Waals surface area contributed by atoms with Gasteiger partial charge in [0.15, 0.2) is 0 Å². The molecular formula is C26H23N3O2. The van der Waals surface area contributed by atoms with Crippen LogP contribution in [-0.2, 0) is 11.3 Å². The molecule has 0 radical (unpaired) electrons. The van der Waals surface area contributed by atoms with Gasteiger partial charge in [-0.25, -0.2) is 0 Å². The van der Waals surface area contributed by atoms with E-state index in [1.54, 1.807) is 24.3 Å². The van der Waals surface area contributed by atoms with E-state index in [-0.39, 0.29) is 18.4 Å². The molecule has 3 N–H and O–H groups in total. The fraction of sp³-hybridized carbons (Fsp3) is 0.0769. The van der Waals surface area contributed by atoms with Crippen molar-refractivity contribution >= 4 is 34.0 Å². The van der Waals surface area contributed by atoms with Crippen LogP contribution in [0.3, 0.4) is 0 Å². The molecule has 154 valence electrons. The Morgan fingerprint density at radius 1 is 0.742 bits per heavy atom. The Balaban J connectivity index is 1.34. The summed E-state index contributed by atoms with van der Waals surface area (Å²) >= 11 is 0. The molecule has 0 saturated carbocycles. The second-order valence-electron chi connectivity index (χ2n) is 7.18. The van der Waals surface area contributed by atoms with E-state index in [2.05, 4.69) is 16.0 Å². The van der Waals surface area contributed by atoms with Gasteiger partial charge in [-0.2, -0.15) is 0 Å². The molecule has 0 spiro atoms. The maximum atomic E-state index is 12.5. The van der Waals surface area contributed by atoms with Gasteiger partial charge in [-0.3, -0.25) is 9.59 Å². The molecule has 4 aromatic rings. The van der Waals surface area contributed by atoms with Crippen LogP contribution in [0.5, 0.6) is 0 Å². The van der Waals surface area contributed by atoms with Crippen molar-refractivity contribution in [2.24, 2.45) is 0 Å². The molecule has 4 aromatic carbocycles. The average Bonchev–Trinajstić information content (AvgIpc) is 2.82. The molecule has 5 nitrogen and oxygen atoms in total. The summed E-state index contributed by atoms with van der Waals surface area (Å²) in [7, 11) is 0. The summed E-state index contributed by atoms with van der Waals surface area (Å²) in [6.07, 6.45) is 0. The third-order valence-corrected chi connectivity index (χ3v) is 4.93. The number of carbonyl (C=O) groups excluding carboxylic acids is 2. The lowest BCUT2D eigenvalue weighted by Crippen LogP contribution is -2.24. The van der Waals surface area contributed by atoms with Crippen molar-refractivity contribution in [3.63, 3.8) is 0 Å². The number of benzene rings is 4. The molecule has 0 aromatic heterocycles. The molecule has 4 rings (SSSR count). The van der Waals surface area contributed by atoms with Crippen molar-refractivity contribution < 1.29 is 9.59 Å². The van der Waals surface area contributed by atoms with Crippen LogP contribution in [0.1, 0.15) is 15.9 Å². The van der Waals surface area contributed by atoms with Crippen LogP contribution in [0.4, 0.5) is 11.4 Å². The van der Waals surface area contributed by atoms with Gasteiger partial charge in [0.1, 0.15) is 0 Å². The van der Waals surface area contributed by atoms with Crippen LogP contribution >= 0.6 is 0 Å². The Hall–Kier alpha value is -4.12. The Morgan fingerprint density at radius 2 is 1.48 bits per heavy atom. The topological polar surface area (TPSA) is 70.2 Å². The van der Waals surface area contributed by atoms with Crippen LogP contribution in [0.15, 0.2) is 97.1 Å². The lowest BCUT2D eigenvalue weighted by Gasteiger charge is -2.11. The van der Waals surface area contributed by atoms with Gasteiger partial charge in [-0.1, -0.05) is 72.8 Å². The van der Waals surface area contributed by atoms with Crippen molar-refractivity contribution in [2.75, 3.05) is 17.2 Å². The molecule has 0 aliphatic rings. The number of carbonyl (C=O) groups is 2. The highest BCUT2D eigenvalue weighted by Crippen LogP contribution is 2.22. The van der Waals surface area contributed by atoms with Gasteiger partial charge in [-0.05, 0) is 35.2 Å². The van der Waals surface area contributed by atoms with E-state index in [1.165, 1.54) is 0 Å². The van der Waals surface area contributed by atoms with Crippen molar-refractivity contribution in [1.82, 2.24) is 5.32 Å². The third kappa shape index (κ3) is 5.28. The molecule has 31 heavy (non-hydrogen) atoms. The van der Waals surface area contributed by atoms with Gasteiger partial charge in [0.2, 0.25) is 5.91 Å². The lowest BCUT2D eigenvalue weighted by molar-refractivity contribution is -0.114. The summed E-state index contributed by atoms with van der Waals surface area (Å²) in [5.74, 6) is -0.372. The zero-order valence-corrected chi connectivity index (χ0v) is 17.0. The van der Waals surface area contributed by atoms with Gasteiger partial charge in [-0.15, -0.1) is 0 Å². The summed E-state index contributed by atoms with van der Waals surface area (Å²) in [5, 5.41) is 11.1. The molecule has 0 bridgehead atoms. The summed E-state index contributed by atoms with van der Waals surface area (Å²) in [6, 6.07) is 30.6. The van der Waals surface area contributed by atoms with Gasteiger partial charge in [0.25, 0.3) is 5.91 Å². The van der Waals surface area contributed by atoms with E-state index in [4.69, 9.17) is 0 Å². The van der Waals surface area contributed by atoms with Crippen molar-refractivity contribution in [3.8, 4) is 0 Å². The van der Waals surface area contributed by atoms with Crippen LogP contribution in [0.25, 0.3) is 10.8 Å². The first-order valence-electron chi connectivity index (χ1n) is 10.1. The van der Waals surface area contributed by atoms with Crippen molar-refractivity contribution in [1.29, 1.82) is 0 Å². The quantitative estimate of drug-likeness (QED) is 0.410. The summed E-state index contributed by atoms with van der Waals surface area (Å²) in [5.41, 5.74) is 3.01. The zero-order valence-electron chi connectivity index (χ0n) is 17.0. The first-order valence-corrected chi connectivity index (χ1v) is 10.1. The summed E-state index contributed by atoms with van der Waals surface area (Å²) in [4.78, 5) is 24.9. The molecule has 5 heteroatoms. The van der Waals surface area contributed by atoms with Crippen LogP contribution in [-0.4, -0.2) is 18.4 Å². The van der Waals surface area contributed by atoms with Crippen LogP contribution in [0, 0.1) is 0 Å². The minimum atomic E-state index is -0.186. The smallest absolute Gasteiger partial charge is 0.251 e. The second kappa shape index (κ2) is 9.59. The second-order valence-corrected chi connectivity index (χ2v) is 7.18. The number of hydrogen-bond donors (Lipinski definition) is 3. The normalized spacial score (nSPS) is 10.5. The number of nitrogens with one attached hydrogen (secondary N) is 3. The Bertz CT molecular complexity index is 1200. The fourth-order valence-corrected chi connectivity index (χ4v) is 3.38. The number of rotatable bonds is 7. The van der Waals surface area contributed by atoms with Crippen molar-refractivity contribution in [3.05, 3.63) is 108 Å². The summed E-state index contributed by atoms with van der Waals surface area (Å²) < 4.78 is 0. The fourth-order valence-electron chi connectivity index (χ4n) is 3.38. The predicted molar refractivity (Wildman–Crippen MR) is 125 cm³/mol. The van der Waals surface area contributed by atoms with E-state index in [9.17, 15) is 9.59 Å². The zero-order chi connectivity index (χ0) is 21.5. The Morgan fingerprint density at radius 3 is 2.35 bits per heavy atom. The van der Waals surface area contributed by atoms with Crippen LogP contribution < -0.4 is 16.0 Å². The first-order chi connectivity index (χ1) is 15.2. The first kappa shape index (κ1) is 20.2. The molecular weight excluding hydrogens is 386 g/mol. The molecule has 0 atom stereocenters. The largest absolute Gasteiger partial charge is 0.376 e. The van der Waals surface area contributed by atoms with E-state index < -0.39 is 0 Å². The molecule has 0 aliphatic carbocycles. The molecule has 0 unspecified atom stereocenters. The van der Waals surface area contributed by atoms with Crippen molar-refractivity contribution in [2.45, 2.75) is 6.54 Å². The molecule has 0 heterocycles. The number of amides is 2. The minimum absolute atomic E-state index is 0.123. The highest BCUT2D eigenvalue weighted by Gasteiger charge is 2.09. The molecule has 0 fully saturated rings. The van der Waals surface area contributed by atoms with Crippen LogP contribution in [0.2, 0.25) is 0 Å². The minimum Gasteiger partial charge on any atom is -0.376 e. The number of fused-ring (bicyclic) bond motifs is 1. The van der Waals surface area contributed by atoms with E-state index in [1.807, 2.05) is 72.8 Å². The number of hydrogen-bond acceptors (Lipinski definition) is 3. The predicted octanol–water partition coefficient (Wildman–Crippen LogP) is 4.82. The third-order valence-electron chi connectivity index (χ3n) is 4.93. The van der Waals surface area contributed by atoms with Gasteiger partial charge >= 0.3 is 0 Å². The maximum absolute atomic E-state index is 12.5. The monoisotopic (exact) mass is 409 g/mol. The highest BCUT2D eigenvalue weighted by molar-refractivity contribution is 5.99. The average molecular weight is 409 g/mol. The van der Waals surface area contributed by atoms with E-state index >= 15 is 0 Å². The van der Waals surface area contributed by atoms with E-state index in [0.29, 0.717) is 17.8 Å². The Kier molecular flexibility index (Phi) is 6.24. The molecule has 0 aliphatic heterocycles. The SMILES string of the molecule is O=C(CNc1cccc2ccccc12)Nc1cccc(C(=O)NCc2ccccc2)c1. The summed E-state index contributed by atoms with van der Waals surface area (Å²) in [6.45, 7) is 0.573. The maximum Gasteiger partial charge on any atom is 0.251 e. The molecule has 2 amide bonds. The molecule has 0 saturated heterocycles. The Labute approximate surface area is 181 Å². The number of anilines is 2.